The van der Waals surface area contributed by atoms with Crippen molar-refractivity contribution in [3.63, 3.8) is 0 Å². The van der Waals surface area contributed by atoms with Crippen molar-refractivity contribution >= 4 is 11.9 Å². The molecule has 0 radical (unpaired) electrons. The van der Waals surface area contributed by atoms with Crippen LogP contribution in [0.15, 0.2) is 84.9 Å². The summed E-state index contributed by atoms with van der Waals surface area (Å²) < 4.78 is 39.4. The molecule has 1 N–H and O–H groups in total. The van der Waals surface area contributed by atoms with Crippen LogP contribution in [-0.2, 0) is 35.1 Å². The van der Waals surface area contributed by atoms with Crippen LogP contribution in [0.25, 0.3) is 0 Å². The van der Waals surface area contributed by atoms with Crippen molar-refractivity contribution in [1.29, 1.82) is 0 Å². The second-order valence-corrected chi connectivity index (χ2v) is 8.94. The molecule has 0 aromatic heterocycles. The van der Waals surface area contributed by atoms with Gasteiger partial charge in [0.05, 0.1) is 19.3 Å². The maximum atomic E-state index is 13.1. The molecule has 0 aliphatic carbocycles. The second-order valence-electron chi connectivity index (χ2n) is 8.94. The molecule has 3 aromatic carbocycles. The predicted molar refractivity (Wildman–Crippen MR) is 142 cm³/mol. The van der Waals surface area contributed by atoms with Gasteiger partial charge in [-0.1, -0.05) is 48.5 Å². The van der Waals surface area contributed by atoms with Gasteiger partial charge in [-0.3, -0.25) is 0 Å². The standard InChI is InChI=1S/C30H32O10/c1-34-19-25(31)36-18-24-26(32)27(37-17-20-9-5-3-6-10-20)28(40-29(33)21-11-7-4-8-12-21)30(39-24)38-23-15-13-22(35-2)14-16-23/h3-16,24,26-28,30,32H,17-19H2,1-2H3/t24-,26-,27+,28-,30-/m1/s1. The third kappa shape index (κ3) is 7.80. The van der Waals surface area contributed by atoms with Crippen LogP contribution >= 0.6 is 0 Å². The van der Waals surface area contributed by atoms with Gasteiger partial charge < -0.3 is 38.3 Å². The summed E-state index contributed by atoms with van der Waals surface area (Å²) in [6.45, 7) is -0.469. The van der Waals surface area contributed by atoms with Gasteiger partial charge >= 0.3 is 11.9 Å². The summed E-state index contributed by atoms with van der Waals surface area (Å²) in [6.07, 6.45) is -5.92. The lowest BCUT2D eigenvalue weighted by Crippen LogP contribution is -2.62. The lowest BCUT2D eigenvalue weighted by molar-refractivity contribution is -0.287. The predicted octanol–water partition coefficient (Wildman–Crippen LogP) is 3.16. The molecule has 0 unspecified atom stereocenters. The average Bonchev–Trinajstić information content (AvgIpc) is 2.99. The zero-order chi connectivity index (χ0) is 28.3. The number of methoxy groups -OCH3 is 2. The van der Waals surface area contributed by atoms with E-state index in [1.807, 2.05) is 30.3 Å². The van der Waals surface area contributed by atoms with E-state index in [2.05, 4.69) is 0 Å². The highest BCUT2D eigenvalue weighted by atomic mass is 16.7. The minimum Gasteiger partial charge on any atom is -0.497 e. The number of ether oxygens (including phenoxy) is 7. The van der Waals surface area contributed by atoms with Gasteiger partial charge in [0, 0.05) is 7.11 Å². The molecule has 212 valence electrons. The van der Waals surface area contributed by atoms with Gasteiger partial charge in [-0.25, -0.2) is 9.59 Å². The summed E-state index contributed by atoms with van der Waals surface area (Å²) >= 11 is 0. The highest BCUT2D eigenvalue weighted by Crippen LogP contribution is 2.30. The zero-order valence-electron chi connectivity index (χ0n) is 22.2. The number of carbonyl (C=O) groups is 2. The first-order valence-electron chi connectivity index (χ1n) is 12.7. The van der Waals surface area contributed by atoms with E-state index in [1.54, 1.807) is 61.7 Å². The van der Waals surface area contributed by atoms with Crippen LogP contribution in [0, 0.1) is 0 Å². The summed E-state index contributed by atoms with van der Waals surface area (Å²) in [4.78, 5) is 25.1. The molecule has 0 amide bonds. The van der Waals surface area contributed by atoms with E-state index in [0.717, 1.165) is 5.56 Å². The molecular weight excluding hydrogens is 520 g/mol. The molecule has 5 atom stereocenters. The van der Waals surface area contributed by atoms with Gasteiger partial charge in [-0.05, 0) is 42.0 Å². The molecule has 4 rings (SSSR count). The first-order chi connectivity index (χ1) is 19.5. The number of esters is 2. The molecule has 0 saturated carbocycles. The summed E-state index contributed by atoms with van der Waals surface area (Å²) in [7, 11) is 2.91. The molecule has 1 saturated heterocycles. The molecule has 10 heteroatoms. The Balaban J connectivity index is 1.63. The minimum atomic E-state index is -1.34. The van der Waals surface area contributed by atoms with Gasteiger partial charge in [-0.15, -0.1) is 0 Å². The molecule has 0 bridgehead atoms. The van der Waals surface area contributed by atoms with Gasteiger partial charge in [0.1, 0.15) is 43.0 Å². The van der Waals surface area contributed by atoms with Crippen molar-refractivity contribution in [2.24, 2.45) is 0 Å². The largest absolute Gasteiger partial charge is 0.497 e. The number of rotatable bonds is 12. The summed E-state index contributed by atoms with van der Waals surface area (Å²) in [6, 6.07) is 24.5. The van der Waals surface area contributed by atoms with Crippen LogP contribution in [0.4, 0.5) is 0 Å². The van der Waals surface area contributed by atoms with Crippen molar-refractivity contribution in [3.05, 3.63) is 96.1 Å². The second kappa shape index (κ2) is 14.4. The maximum Gasteiger partial charge on any atom is 0.338 e. The third-order valence-corrected chi connectivity index (χ3v) is 6.14. The molecule has 10 nitrogen and oxygen atoms in total. The number of hydrogen-bond acceptors (Lipinski definition) is 10. The molecule has 40 heavy (non-hydrogen) atoms. The lowest BCUT2D eigenvalue weighted by atomic mass is 9.98. The van der Waals surface area contributed by atoms with E-state index < -0.39 is 42.6 Å². The van der Waals surface area contributed by atoms with E-state index in [1.165, 1.54) is 7.11 Å². The highest BCUT2D eigenvalue weighted by molar-refractivity contribution is 5.89. The fraction of sp³-hybridized carbons (Fsp3) is 0.333. The molecular formula is C30H32O10. The van der Waals surface area contributed by atoms with Crippen LogP contribution in [0.3, 0.4) is 0 Å². The van der Waals surface area contributed by atoms with Crippen LogP contribution in [-0.4, -0.2) is 75.2 Å². The van der Waals surface area contributed by atoms with Crippen molar-refractivity contribution in [1.82, 2.24) is 0 Å². The van der Waals surface area contributed by atoms with E-state index in [9.17, 15) is 14.7 Å². The van der Waals surface area contributed by atoms with Crippen molar-refractivity contribution < 1.29 is 47.9 Å². The van der Waals surface area contributed by atoms with Gasteiger partial charge in [0.15, 0.2) is 6.10 Å². The number of carbonyl (C=O) groups excluding carboxylic acids is 2. The summed E-state index contributed by atoms with van der Waals surface area (Å²) in [5, 5.41) is 11.3. The van der Waals surface area contributed by atoms with Gasteiger partial charge in [0.2, 0.25) is 6.29 Å². The average molecular weight is 553 g/mol. The number of aliphatic hydroxyl groups excluding tert-OH is 1. The van der Waals surface area contributed by atoms with Crippen LogP contribution in [0.5, 0.6) is 11.5 Å². The quantitative estimate of drug-likeness (QED) is 0.336. The maximum absolute atomic E-state index is 13.1. The topological polar surface area (TPSA) is 119 Å². The van der Waals surface area contributed by atoms with E-state index >= 15 is 0 Å². The fourth-order valence-corrected chi connectivity index (χ4v) is 4.10. The highest BCUT2D eigenvalue weighted by Gasteiger charge is 2.50. The molecule has 1 aliphatic rings. The lowest BCUT2D eigenvalue weighted by Gasteiger charge is -2.43. The molecule has 1 fully saturated rings. The Hall–Kier alpha value is -3.96. The van der Waals surface area contributed by atoms with Crippen molar-refractivity contribution in [2.45, 2.75) is 37.3 Å². The van der Waals surface area contributed by atoms with Crippen molar-refractivity contribution in [3.8, 4) is 11.5 Å². The first kappa shape index (κ1) is 29.0. The van der Waals surface area contributed by atoms with Crippen LogP contribution in [0.2, 0.25) is 0 Å². The minimum absolute atomic E-state index is 0.105. The first-order valence-corrected chi connectivity index (χ1v) is 12.7. The molecule has 0 spiro atoms. The van der Waals surface area contributed by atoms with Crippen molar-refractivity contribution in [2.75, 3.05) is 27.4 Å². The number of benzene rings is 3. The van der Waals surface area contributed by atoms with Gasteiger partial charge in [0.25, 0.3) is 0 Å². The smallest absolute Gasteiger partial charge is 0.338 e. The third-order valence-electron chi connectivity index (χ3n) is 6.14. The molecule has 1 heterocycles. The van der Waals surface area contributed by atoms with Gasteiger partial charge in [-0.2, -0.15) is 0 Å². The Morgan fingerprint density at radius 3 is 2.15 bits per heavy atom. The molecule has 3 aromatic rings. The normalized spacial score (nSPS) is 22.2. The Kier molecular flexibility index (Phi) is 10.5. The van der Waals surface area contributed by atoms with Crippen LogP contribution in [0.1, 0.15) is 15.9 Å². The zero-order valence-corrected chi connectivity index (χ0v) is 22.2. The SMILES string of the molecule is COCC(=O)OC[C@H]1O[C@@H](Oc2ccc(OC)cc2)[C@H](OC(=O)c2ccccc2)[C@@H](OCc2ccccc2)[C@@H]1O. The Morgan fingerprint density at radius 2 is 1.50 bits per heavy atom. The van der Waals surface area contributed by atoms with Crippen LogP contribution < -0.4 is 9.47 Å². The molecule has 1 aliphatic heterocycles. The van der Waals surface area contributed by atoms with E-state index in [0.29, 0.717) is 17.1 Å². The number of aliphatic hydroxyl groups is 1. The number of hydrogen-bond donors (Lipinski definition) is 1. The Morgan fingerprint density at radius 1 is 0.850 bits per heavy atom. The summed E-state index contributed by atoms with van der Waals surface area (Å²) in [5.74, 6) is -0.278. The fourth-order valence-electron chi connectivity index (χ4n) is 4.10. The summed E-state index contributed by atoms with van der Waals surface area (Å²) in [5.41, 5.74) is 1.14. The monoisotopic (exact) mass is 552 g/mol. The van der Waals surface area contributed by atoms with E-state index in [4.69, 9.17) is 33.2 Å². The Labute approximate surface area is 232 Å². The van der Waals surface area contributed by atoms with E-state index in [-0.39, 0.29) is 19.8 Å². The Bertz CT molecular complexity index is 1200.